The molecule has 2 N–H and O–H groups in total. The van der Waals surface area contributed by atoms with Gasteiger partial charge in [0.2, 0.25) is 5.91 Å². The summed E-state index contributed by atoms with van der Waals surface area (Å²) in [5.74, 6) is 0.782. The molecular formula is C27H28FN3O3. The number of hydrogen-bond donors (Lipinski definition) is 2. The number of aryl methyl sites for hydroxylation is 2. The number of nitrogens with zero attached hydrogens (tertiary/aromatic N) is 2. The summed E-state index contributed by atoms with van der Waals surface area (Å²) in [6.07, 6.45) is -0.737. The van der Waals surface area contributed by atoms with E-state index in [1.54, 1.807) is 12.1 Å². The summed E-state index contributed by atoms with van der Waals surface area (Å²) in [7, 11) is 0. The first-order chi connectivity index (χ1) is 16.4. The predicted octanol–water partition coefficient (Wildman–Crippen LogP) is 4.09. The zero-order valence-electron chi connectivity index (χ0n) is 19.3. The SMILES string of the molecule is Cc1ccc(C)c(OC[C@@H](O)Cn2c(CC(=O)NCc3ccc(F)cc3)nc3ccccc32)c1. The topological polar surface area (TPSA) is 76.4 Å². The molecular weight excluding hydrogens is 433 g/mol. The number of benzene rings is 3. The van der Waals surface area contributed by atoms with Crippen molar-refractivity contribution in [3.63, 3.8) is 0 Å². The number of hydrogen-bond acceptors (Lipinski definition) is 4. The van der Waals surface area contributed by atoms with Crippen LogP contribution in [-0.4, -0.2) is 33.3 Å². The highest BCUT2D eigenvalue weighted by atomic mass is 19.1. The Bertz CT molecular complexity index is 1280. The van der Waals surface area contributed by atoms with Crippen LogP contribution in [0.3, 0.4) is 0 Å². The molecule has 0 fully saturated rings. The molecule has 176 valence electrons. The second-order valence-corrected chi connectivity index (χ2v) is 8.44. The van der Waals surface area contributed by atoms with Gasteiger partial charge in [0, 0.05) is 6.54 Å². The minimum atomic E-state index is -0.793. The van der Waals surface area contributed by atoms with Gasteiger partial charge in [0.1, 0.15) is 30.1 Å². The number of carbonyl (C=O) groups is 1. The molecule has 0 aliphatic rings. The molecule has 0 saturated heterocycles. The second kappa shape index (κ2) is 10.5. The average molecular weight is 462 g/mol. The van der Waals surface area contributed by atoms with Gasteiger partial charge in [-0.25, -0.2) is 9.37 Å². The van der Waals surface area contributed by atoms with E-state index < -0.39 is 6.10 Å². The van der Waals surface area contributed by atoms with Crippen molar-refractivity contribution in [3.8, 4) is 5.75 Å². The van der Waals surface area contributed by atoms with Crippen LogP contribution in [0.15, 0.2) is 66.7 Å². The molecule has 0 aliphatic carbocycles. The normalized spacial score (nSPS) is 12.0. The van der Waals surface area contributed by atoms with Crippen molar-refractivity contribution in [2.45, 2.75) is 39.5 Å². The van der Waals surface area contributed by atoms with Gasteiger partial charge in [-0.05, 0) is 60.9 Å². The van der Waals surface area contributed by atoms with Crippen LogP contribution in [0.5, 0.6) is 5.75 Å². The Morgan fingerprint density at radius 1 is 1.12 bits per heavy atom. The minimum Gasteiger partial charge on any atom is -0.491 e. The molecule has 0 saturated carbocycles. The Hall–Kier alpha value is -3.71. The van der Waals surface area contributed by atoms with E-state index in [0.717, 1.165) is 33.5 Å². The average Bonchev–Trinajstić information content (AvgIpc) is 3.16. The number of ether oxygens (including phenoxy) is 1. The molecule has 0 spiro atoms. The third-order valence-corrected chi connectivity index (χ3v) is 5.62. The van der Waals surface area contributed by atoms with Gasteiger partial charge < -0.3 is 19.7 Å². The smallest absolute Gasteiger partial charge is 0.227 e. The molecule has 7 heteroatoms. The van der Waals surface area contributed by atoms with Crippen molar-refractivity contribution in [2.75, 3.05) is 6.61 Å². The summed E-state index contributed by atoms with van der Waals surface area (Å²) in [6.45, 7) is 4.62. The van der Waals surface area contributed by atoms with Gasteiger partial charge in [0.15, 0.2) is 0 Å². The molecule has 0 bridgehead atoms. The van der Waals surface area contributed by atoms with Crippen molar-refractivity contribution >= 4 is 16.9 Å². The maximum Gasteiger partial charge on any atom is 0.227 e. The lowest BCUT2D eigenvalue weighted by Gasteiger charge is -2.17. The van der Waals surface area contributed by atoms with Crippen LogP contribution >= 0.6 is 0 Å². The largest absolute Gasteiger partial charge is 0.491 e. The number of carbonyl (C=O) groups excluding carboxylic acids is 1. The predicted molar refractivity (Wildman–Crippen MR) is 129 cm³/mol. The van der Waals surface area contributed by atoms with Gasteiger partial charge >= 0.3 is 0 Å². The molecule has 4 rings (SSSR count). The zero-order valence-corrected chi connectivity index (χ0v) is 19.3. The van der Waals surface area contributed by atoms with Crippen molar-refractivity contribution in [2.24, 2.45) is 0 Å². The van der Waals surface area contributed by atoms with Gasteiger partial charge in [-0.1, -0.05) is 36.4 Å². The van der Waals surface area contributed by atoms with E-state index in [1.807, 2.05) is 60.9 Å². The lowest BCUT2D eigenvalue weighted by molar-refractivity contribution is -0.120. The highest BCUT2D eigenvalue weighted by Gasteiger charge is 2.17. The summed E-state index contributed by atoms with van der Waals surface area (Å²) in [5.41, 5.74) is 4.50. The van der Waals surface area contributed by atoms with Crippen LogP contribution in [0.25, 0.3) is 11.0 Å². The van der Waals surface area contributed by atoms with Crippen LogP contribution < -0.4 is 10.1 Å². The summed E-state index contributed by atoms with van der Waals surface area (Å²) in [5, 5.41) is 13.6. The number of aromatic nitrogens is 2. The molecule has 0 unspecified atom stereocenters. The van der Waals surface area contributed by atoms with Gasteiger partial charge in [-0.2, -0.15) is 0 Å². The van der Waals surface area contributed by atoms with E-state index in [-0.39, 0.29) is 31.3 Å². The Morgan fingerprint density at radius 3 is 2.68 bits per heavy atom. The number of fused-ring (bicyclic) bond motifs is 1. The van der Waals surface area contributed by atoms with E-state index in [0.29, 0.717) is 12.4 Å². The van der Waals surface area contributed by atoms with Crippen molar-refractivity contribution in [1.82, 2.24) is 14.9 Å². The van der Waals surface area contributed by atoms with Crippen molar-refractivity contribution in [1.29, 1.82) is 0 Å². The Balaban J connectivity index is 1.44. The van der Waals surface area contributed by atoms with Crippen LogP contribution in [0.4, 0.5) is 4.39 Å². The van der Waals surface area contributed by atoms with Crippen LogP contribution in [0.1, 0.15) is 22.5 Å². The first-order valence-corrected chi connectivity index (χ1v) is 11.2. The van der Waals surface area contributed by atoms with Crippen LogP contribution in [0.2, 0.25) is 0 Å². The number of aliphatic hydroxyl groups is 1. The molecule has 1 atom stereocenters. The van der Waals surface area contributed by atoms with E-state index in [4.69, 9.17) is 4.74 Å². The number of para-hydroxylation sites is 2. The Morgan fingerprint density at radius 2 is 1.88 bits per heavy atom. The maximum atomic E-state index is 13.1. The highest BCUT2D eigenvalue weighted by molar-refractivity contribution is 5.81. The molecule has 1 heterocycles. The standard InChI is InChI=1S/C27H28FN3O3/c1-18-7-8-19(2)25(13-18)34-17-22(32)16-31-24-6-4-3-5-23(24)30-26(31)14-27(33)29-15-20-9-11-21(28)12-10-20/h3-13,22,32H,14-17H2,1-2H3,(H,29,33)/t22-/m0/s1. The fraction of sp³-hybridized carbons (Fsp3) is 0.259. The summed E-state index contributed by atoms with van der Waals surface area (Å²) in [4.78, 5) is 17.2. The zero-order chi connectivity index (χ0) is 24.1. The Kier molecular flexibility index (Phi) is 7.23. The Labute approximate surface area is 198 Å². The molecule has 3 aromatic carbocycles. The fourth-order valence-electron chi connectivity index (χ4n) is 3.79. The molecule has 6 nitrogen and oxygen atoms in total. The first-order valence-electron chi connectivity index (χ1n) is 11.2. The third kappa shape index (κ3) is 5.80. The quantitative estimate of drug-likeness (QED) is 0.394. The molecule has 4 aromatic rings. The molecule has 1 aromatic heterocycles. The first kappa shape index (κ1) is 23.4. The highest BCUT2D eigenvalue weighted by Crippen LogP contribution is 2.21. The monoisotopic (exact) mass is 461 g/mol. The van der Waals surface area contributed by atoms with Gasteiger partial charge in [0.25, 0.3) is 0 Å². The number of halogens is 1. The van der Waals surface area contributed by atoms with E-state index in [2.05, 4.69) is 10.3 Å². The fourth-order valence-corrected chi connectivity index (χ4v) is 3.79. The summed E-state index contributed by atoms with van der Waals surface area (Å²) < 4.78 is 20.8. The molecule has 34 heavy (non-hydrogen) atoms. The van der Waals surface area contributed by atoms with Crippen LogP contribution in [-0.2, 0) is 24.3 Å². The summed E-state index contributed by atoms with van der Waals surface area (Å²) in [6, 6.07) is 19.5. The summed E-state index contributed by atoms with van der Waals surface area (Å²) >= 11 is 0. The molecule has 0 radical (unpaired) electrons. The van der Waals surface area contributed by atoms with Gasteiger partial charge in [-0.15, -0.1) is 0 Å². The lowest BCUT2D eigenvalue weighted by atomic mass is 10.1. The number of nitrogens with one attached hydrogen (secondary N) is 1. The maximum absolute atomic E-state index is 13.1. The number of rotatable bonds is 9. The van der Waals surface area contributed by atoms with Crippen molar-refractivity contribution < 1.29 is 19.0 Å². The molecule has 0 aliphatic heterocycles. The van der Waals surface area contributed by atoms with E-state index in [1.165, 1.54) is 12.1 Å². The van der Waals surface area contributed by atoms with Crippen LogP contribution in [0, 0.1) is 19.7 Å². The van der Waals surface area contributed by atoms with E-state index >= 15 is 0 Å². The minimum absolute atomic E-state index is 0.0560. The number of amides is 1. The molecule has 1 amide bonds. The number of imidazole rings is 1. The second-order valence-electron chi connectivity index (χ2n) is 8.44. The van der Waals surface area contributed by atoms with Gasteiger partial charge in [0.05, 0.1) is 24.0 Å². The third-order valence-electron chi connectivity index (χ3n) is 5.62. The number of aliphatic hydroxyl groups excluding tert-OH is 1. The van der Waals surface area contributed by atoms with Crippen molar-refractivity contribution in [3.05, 3.63) is 95.1 Å². The lowest BCUT2D eigenvalue weighted by Crippen LogP contribution is -2.28. The van der Waals surface area contributed by atoms with E-state index in [9.17, 15) is 14.3 Å². The van der Waals surface area contributed by atoms with Gasteiger partial charge in [-0.3, -0.25) is 4.79 Å².